The van der Waals surface area contributed by atoms with Crippen LogP contribution in [0.1, 0.15) is 20.8 Å². The van der Waals surface area contributed by atoms with E-state index in [9.17, 15) is 9.59 Å². The van der Waals surface area contributed by atoms with Crippen molar-refractivity contribution >= 4 is 11.8 Å². The summed E-state index contributed by atoms with van der Waals surface area (Å²) in [5.41, 5.74) is 0. The van der Waals surface area contributed by atoms with E-state index in [1.54, 1.807) is 6.92 Å². The first-order valence-corrected chi connectivity index (χ1v) is 4.31. The van der Waals surface area contributed by atoms with Gasteiger partial charge in [-0.1, -0.05) is 0 Å². The van der Waals surface area contributed by atoms with Crippen LogP contribution in [-0.2, 0) is 14.3 Å². The van der Waals surface area contributed by atoms with Gasteiger partial charge in [0.1, 0.15) is 6.04 Å². The molecule has 0 aliphatic heterocycles. The minimum Gasteiger partial charge on any atom is -0.495 e. The van der Waals surface area contributed by atoms with Gasteiger partial charge >= 0.3 is 5.97 Å². The SMILES string of the molecule is CCOC(=O)[C@H](C)N/C(O)=C/C(C)=O. The van der Waals surface area contributed by atoms with E-state index in [4.69, 9.17) is 5.11 Å². The summed E-state index contributed by atoms with van der Waals surface area (Å²) in [5, 5.41) is 11.5. The Morgan fingerprint density at radius 1 is 1.57 bits per heavy atom. The normalized spacial score (nSPS) is 13.2. The highest BCUT2D eigenvalue weighted by molar-refractivity contribution is 5.87. The summed E-state index contributed by atoms with van der Waals surface area (Å²) in [4.78, 5) is 21.6. The smallest absolute Gasteiger partial charge is 0.328 e. The Balaban J connectivity index is 4.11. The molecule has 14 heavy (non-hydrogen) atoms. The lowest BCUT2D eigenvalue weighted by atomic mass is 10.3. The zero-order valence-corrected chi connectivity index (χ0v) is 8.53. The molecule has 0 saturated carbocycles. The van der Waals surface area contributed by atoms with Gasteiger partial charge in [-0.25, -0.2) is 4.79 Å². The number of nitrogens with one attached hydrogen (secondary N) is 1. The van der Waals surface area contributed by atoms with Gasteiger partial charge in [-0.05, 0) is 20.8 Å². The molecule has 0 aliphatic rings. The third kappa shape index (κ3) is 5.18. The molecule has 0 aromatic carbocycles. The van der Waals surface area contributed by atoms with Crippen molar-refractivity contribution in [2.24, 2.45) is 0 Å². The summed E-state index contributed by atoms with van der Waals surface area (Å²) in [6.07, 6.45) is 0.996. The fourth-order valence-electron chi connectivity index (χ4n) is 0.782. The van der Waals surface area contributed by atoms with Crippen LogP contribution in [0.3, 0.4) is 0 Å². The molecule has 5 nitrogen and oxygen atoms in total. The molecule has 0 saturated heterocycles. The van der Waals surface area contributed by atoms with Crippen molar-refractivity contribution in [3.63, 3.8) is 0 Å². The summed E-state index contributed by atoms with van der Waals surface area (Å²) < 4.78 is 4.68. The van der Waals surface area contributed by atoms with E-state index in [-0.39, 0.29) is 18.3 Å². The van der Waals surface area contributed by atoms with E-state index in [1.165, 1.54) is 13.8 Å². The van der Waals surface area contributed by atoms with Crippen LogP contribution in [0.5, 0.6) is 0 Å². The average molecular weight is 201 g/mol. The van der Waals surface area contributed by atoms with E-state index in [0.29, 0.717) is 0 Å². The lowest BCUT2D eigenvalue weighted by molar-refractivity contribution is -0.145. The quantitative estimate of drug-likeness (QED) is 0.385. The highest BCUT2D eigenvalue weighted by Crippen LogP contribution is 1.92. The first-order valence-electron chi connectivity index (χ1n) is 4.31. The number of hydrogen-bond donors (Lipinski definition) is 2. The fraction of sp³-hybridized carbons (Fsp3) is 0.556. The van der Waals surface area contributed by atoms with Gasteiger partial charge in [-0.15, -0.1) is 0 Å². The molecule has 0 aromatic rings. The third-order valence-electron chi connectivity index (χ3n) is 1.34. The number of ketones is 1. The van der Waals surface area contributed by atoms with Crippen molar-refractivity contribution in [2.75, 3.05) is 6.61 Å². The molecule has 0 heterocycles. The van der Waals surface area contributed by atoms with Crippen LogP contribution in [0.25, 0.3) is 0 Å². The highest BCUT2D eigenvalue weighted by Gasteiger charge is 2.13. The standard InChI is InChI=1S/C9H15NO4/c1-4-14-9(13)7(3)10-8(12)5-6(2)11/h5,7,10,12H,4H2,1-3H3/b8-5-/t7-/m0/s1. The molecular weight excluding hydrogens is 186 g/mol. The van der Waals surface area contributed by atoms with Gasteiger partial charge in [0.25, 0.3) is 0 Å². The molecule has 0 unspecified atom stereocenters. The third-order valence-corrected chi connectivity index (χ3v) is 1.34. The van der Waals surface area contributed by atoms with Gasteiger partial charge in [-0.2, -0.15) is 0 Å². The molecule has 0 bridgehead atoms. The second-order valence-corrected chi connectivity index (χ2v) is 2.76. The number of allylic oxidation sites excluding steroid dienone is 1. The number of esters is 1. The Morgan fingerprint density at radius 2 is 2.14 bits per heavy atom. The van der Waals surface area contributed by atoms with Crippen LogP contribution >= 0.6 is 0 Å². The van der Waals surface area contributed by atoms with Gasteiger partial charge in [-0.3, -0.25) is 4.79 Å². The van der Waals surface area contributed by atoms with Gasteiger partial charge in [0.05, 0.1) is 6.61 Å². The van der Waals surface area contributed by atoms with Crippen LogP contribution in [0, 0.1) is 0 Å². The lowest BCUT2D eigenvalue weighted by Gasteiger charge is -2.12. The Morgan fingerprint density at radius 3 is 2.57 bits per heavy atom. The number of carbonyl (C=O) groups excluding carboxylic acids is 2. The summed E-state index contributed by atoms with van der Waals surface area (Å²) >= 11 is 0. The van der Waals surface area contributed by atoms with Crippen molar-refractivity contribution in [3.05, 3.63) is 12.0 Å². The molecule has 0 radical (unpaired) electrons. The number of rotatable bonds is 5. The van der Waals surface area contributed by atoms with Crippen LogP contribution in [-0.4, -0.2) is 29.5 Å². The fourth-order valence-corrected chi connectivity index (χ4v) is 0.782. The van der Waals surface area contributed by atoms with Crippen molar-refractivity contribution in [1.29, 1.82) is 0 Å². The van der Waals surface area contributed by atoms with Crippen molar-refractivity contribution in [3.8, 4) is 0 Å². The zero-order valence-electron chi connectivity index (χ0n) is 8.53. The zero-order chi connectivity index (χ0) is 11.1. The number of aliphatic hydroxyl groups excluding tert-OH is 1. The molecule has 5 heteroatoms. The molecule has 0 aliphatic carbocycles. The monoisotopic (exact) mass is 201 g/mol. The van der Waals surface area contributed by atoms with Crippen LogP contribution in [0.15, 0.2) is 12.0 Å². The van der Waals surface area contributed by atoms with Crippen LogP contribution in [0.2, 0.25) is 0 Å². The lowest BCUT2D eigenvalue weighted by Crippen LogP contribution is -2.35. The van der Waals surface area contributed by atoms with Gasteiger partial charge < -0.3 is 15.2 Å². The maximum atomic E-state index is 11.1. The maximum absolute atomic E-state index is 11.1. The number of ether oxygens (including phenoxy) is 1. The maximum Gasteiger partial charge on any atom is 0.328 e. The van der Waals surface area contributed by atoms with Crippen LogP contribution < -0.4 is 5.32 Å². The Kier molecular flexibility index (Phi) is 5.36. The average Bonchev–Trinajstić information content (AvgIpc) is 2.02. The van der Waals surface area contributed by atoms with E-state index in [0.717, 1.165) is 6.08 Å². The number of carbonyl (C=O) groups is 2. The largest absolute Gasteiger partial charge is 0.495 e. The topological polar surface area (TPSA) is 75.6 Å². The highest BCUT2D eigenvalue weighted by atomic mass is 16.5. The second-order valence-electron chi connectivity index (χ2n) is 2.76. The summed E-state index contributed by atoms with van der Waals surface area (Å²) in [6, 6.07) is -0.675. The van der Waals surface area contributed by atoms with Crippen LogP contribution in [0.4, 0.5) is 0 Å². The number of hydrogen-bond acceptors (Lipinski definition) is 5. The predicted molar refractivity (Wildman–Crippen MR) is 50.6 cm³/mol. The van der Waals surface area contributed by atoms with E-state index >= 15 is 0 Å². The Hall–Kier alpha value is -1.52. The molecular formula is C9H15NO4. The first kappa shape index (κ1) is 12.5. The minimum absolute atomic E-state index is 0.280. The van der Waals surface area contributed by atoms with Gasteiger partial charge in [0, 0.05) is 6.08 Å². The van der Waals surface area contributed by atoms with E-state index in [1.807, 2.05) is 0 Å². The Labute approximate surface area is 82.7 Å². The van der Waals surface area contributed by atoms with Crippen molar-refractivity contribution < 1.29 is 19.4 Å². The molecule has 0 amide bonds. The Bertz CT molecular complexity index is 247. The van der Waals surface area contributed by atoms with Crippen molar-refractivity contribution in [2.45, 2.75) is 26.8 Å². The van der Waals surface area contributed by atoms with Gasteiger partial charge in [0.2, 0.25) is 0 Å². The molecule has 80 valence electrons. The summed E-state index contributed by atoms with van der Waals surface area (Å²) in [5.74, 6) is -1.11. The summed E-state index contributed by atoms with van der Waals surface area (Å²) in [6.45, 7) is 4.80. The van der Waals surface area contributed by atoms with E-state index < -0.39 is 12.0 Å². The summed E-state index contributed by atoms with van der Waals surface area (Å²) in [7, 11) is 0. The molecule has 0 aromatic heterocycles. The van der Waals surface area contributed by atoms with E-state index in [2.05, 4.69) is 10.1 Å². The predicted octanol–water partition coefficient (Wildman–Crippen LogP) is 0.516. The molecule has 2 N–H and O–H groups in total. The van der Waals surface area contributed by atoms with Crippen molar-refractivity contribution in [1.82, 2.24) is 5.32 Å². The minimum atomic E-state index is -0.675. The molecule has 0 rings (SSSR count). The first-order chi connectivity index (χ1) is 6.47. The molecule has 0 spiro atoms. The molecule has 1 atom stereocenters. The van der Waals surface area contributed by atoms with Gasteiger partial charge in [0.15, 0.2) is 11.7 Å². The second kappa shape index (κ2) is 6.01. The molecule has 0 fully saturated rings. The number of aliphatic hydroxyl groups is 1.